The van der Waals surface area contributed by atoms with Gasteiger partial charge in [0.2, 0.25) is 0 Å². The monoisotopic (exact) mass is 366 g/mol. The predicted molar refractivity (Wildman–Crippen MR) is 95.3 cm³/mol. The van der Waals surface area contributed by atoms with Crippen molar-refractivity contribution in [2.45, 2.75) is 6.92 Å². The quantitative estimate of drug-likeness (QED) is 0.532. The van der Waals surface area contributed by atoms with Gasteiger partial charge in [0, 0.05) is 25.3 Å². The molecule has 0 aliphatic rings. The molecule has 1 amide bonds. The van der Waals surface area contributed by atoms with Gasteiger partial charge in [-0.15, -0.1) is 0 Å². The molecule has 2 rings (SSSR count). The lowest BCUT2D eigenvalue weighted by atomic mass is 10.1. The van der Waals surface area contributed by atoms with Crippen molar-refractivity contribution in [2.75, 3.05) is 24.2 Å². The summed E-state index contributed by atoms with van der Waals surface area (Å²) in [5, 5.41) is 19.4. The number of rotatable bonds is 6. The highest BCUT2D eigenvalue weighted by molar-refractivity contribution is 6.31. The number of halogens is 2. The second-order valence-electron chi connectivity index (χ2n) is 5.04. The molecule has 0 aliphatic heterocycles. The fourth-order valence-electron chi connectivity index (χ4n) is 2.22. The molecule has 3 N–H and O–H groups in total. The number of benzene rings is 2. The summed E-state index contributed by atoms with van der Waals surface area (Å²) in [5.41, 5.74) is 0.852. The van der Waals surface area contributed by atoms with Gasteiger partial charge in [0.15, 0.2) is 0 Å². The van der Waals surface area contributed by atoms with Crippen molar-refractivity contribution in [2.24, 2.45) is 0 Å². The van der Waals surface area contributed by atoms with Crippen molar-refractivity contribution >= 4 is 40.3 Å². The van der Waals surface area contributed by atoms with Crippen LogP contribution in [0.2, 0.25) is 5.02 Å². The lowest BCUT2D eigenvalue weighted by Crippen LogP contribution is -2.23. The van der Waals surface area contributed by atoms with Gasteiger partial charge in [0.1, 0.15) is 11.5 Å². The van der Waals surface area contributed by atoms with Gasteiger partial charge in [-0.3, -0.25) is 14.9 Å². The molecule has 0 atom stereocenters. The second kappa shape index (κ2) is 7.80. The van der Waals surface area contributed by atoms with Gasteiger partial charge >= 0.3 is 0 Å². The summed E-state index contributed by atoms with van der Waals surface area (Å²) in [6.45, 7) is 2.10. The Labute approximate surface area is 148 Å². The first-order valence-corrected chi connectivity index (χ1v) is 7.75. The summed E-state index contributed by atoms with van der Waals surface area (Å²) in [7, 11) is 1.53. The van der Waals surface area contributed by atoms with Crippen LogP contribution >= 0.6 is 11.6 Å². The summed E-state index contributed by atoms with van der Waals surface area (Å²) < 4.78 is 13.3. The molecule has 0 fully saturated rings. The molecule has 0 saturated heterocycles. The average Bonchev–Trinajstić information content (AvgIpc) is 2.57. The van der Waals surface area contributed by atoms with Crippen molar-refractivity contribution < 1.29 is 14.1 Å². The van der Waals surface area contributed by atoms with Crippen LogP contribution < -0.4 is 16.0 Å². The Kier molecular flexibility index (Phi) is 5.76. The number of carbonyl (C=O) groups excluding carboxylic acids is 1. The number of nitro groups is 1. The smallest absolute Gasteiger partial charge is 0.293 e. The Bertz CT molecular complexity index is 829. The molecule has 2 aromatic rings. The van der Waals surface area contributed by atoms with Crippen LogP contribution in [0.4, 0.5) is 27.1 Å². The Morgan fingerprint density at radius 1 is 1.28 bits per heavy atom. The Morgan fingerprint density at radius 3 is 2.56 bits per heavy atom. The molecular weight excluding hydrogens is 351 g/mol. The number of hydrogen-bond acceptors (Lipinski definition) is 5. The molecule has 7 nitrogen and oxygen atoms in total. The zero-order chi connectivity index (χ0) is 18.6. The molecule has 2 aromatic carbocycles. The van der Waals surface area contributed by atoms with Gasteiger partial charge in [0.25, 0.3) is 11.6 Å². The highest BCUT2D eigenvalue weighted by atomic mass is 35.5. The standard InChI is InChI=1S/C16H16ClFN4O3/c1-3-20-16(23)10-7-15(22(24)25)14(19-2)8-13(10)21-9-4-5-12(18)11(17)6-9/h4-8,19,21H,3H2,1-2H3,(H,20,23). The number of anilines is 3. The van der Waals surface area contributed by atoms with Crippen LogP contribution in [-0.4, -0.2) is 24.4 Å². The molecule has 9 heteroatoms. The molecule has 132 valence electrons. The minimum absolute atomic E-state index is 0.0830. The third kappa shape index (κ3) is 4.16. The average molecular weight is 367 g/mol. The SMILES string of the molecule is CCNC(=O)c1cc([N+](=O)[O-])c(NC)cc1Nc1ccc(F)c(Cl)c1. The minimum Gasteiger partial charge on any atom is -0.383 e. The van der Waals surface area contributed by atoms with E-state index in [0.29, 0.717) is 17.9 Å². The number of amides is 1. The largest absolute Gasteiger partial charge is 0.383 e. The maximum Gasteiger partial charge on any atom is 0.293 e. The van der Waals surface area contributed by atoms with E-state index in [4.69, 9.17) is 11.6 Å². The summed E-state index contributed by atoms with van der Waals surface area (Å²) in [5.74, 6) is -1.04. The van der Waals surface area contributed by atoms with Crippen LogP contribution in [0.25, 0.3) is 0 Å². The number of hydrogen-bond donors (Lipinski definition) is 3. The van der Waals surface area contributed by atoms with Crippen LogP contribution in [0.1, 0.15) is 17.3 Å². The number of nitrogens with one attached hydrogen (secondary N) is 3. The third-order valence-corrected chi connectivity index (χ3v) is 3.67. The highest BCUT2D eigenvalue weighted by Gasteiger charge is 2.21. The Balaban J connectivity index is 2.54. The van der Waals surface area contributed by atoms with Crippen LogP contribution in [0.3, 0.4) is 0 Å². The number of nitro benzene ring substituents is 1. The van der Waals surface area contributed by atoms with Crippen LogP contribution in [0, 0.1) is 15.9 Å². The maximum atomic E-state index is 13.3. The number of carbonyl (C=O) groups is 1. The van der Waals surface area contributed by atoms with Gasteiger partial charge < -0.3 is 16.0 Å². The van der Waals surface area contributed by atoms with Gasteiger partial charge in [-0.05, 0) is 31.2 Å². The van der Waals surface area contributed by atoms with Crippen LogP contribution in [-0.2, 0) is 0 Å². The van der Waals surface area contributed by atoms with E-state index in [1.165, 1.54) is 37.4 Å². The van der Waals surface area contributed by atoms with E-state index in [1.54, 1.807) is 6.92 Å². The Hall–Kier alpha value is -2.87. The van der Waals surface area contributed by atoms with E-state index < -0.39 is 16.6 Å². The summed E-state index contributed by atoms with van der Waals surface area (Å²) >= 11 is 5.76. The van der Waals surface area contributed by atoms with Crippen molar-refractivity contribution in [1.82, 2.24) is 5.32 Å². The molecule has 0 bridgehead atoms. The molecule has 0 aromatic heterocycles. The zero-order valence-corrected chi connectivity index (χ0v) is 14.3. The van der Waals surface area contributed by atoms with Gasteiger partial charge in [-0.25, -0.2) is 4.39 Å². The summed E-state index contributed by atoms with van der Waals surface area (Å²) in [6, 6.07) is 6.62. The van der Waals surface area contributed by atoms with E-state index in [-0.39, 0.29) is 22.0 Å². The molecule has 0 heterocycles. The van der Waals surface area contributed by atoms with E-state index in [2.05, 4.69) is 16.0 Å². The molecule has 25 heavy (non-hydrogen) atoms. The van der Waals surface area contributed by atoms with Crippen molar-refractivity contribution in [3.63, 3.8) is 0 Å². The number of nitrogens with zero attached hydrogens (tertiary/aromatic N) is 1. The van der Waals surface area contributed by atoms with Crippen molar-refractivity contribution in [1.29, 1.82) is 0 Å². The topological polar surface area (TPSA) is 96.3 Å². The lowest BCUT2D eigenvalue weighted by Gasteiger charge is -2.14. The first-order chi connectivity index (χ1) is 11.9. The summed E-state index contributed by atoms with van der Waals surface area (Å²) in [4.78, 5) is 22.9. The van der Waals surface area contributed by atoms with E-state index in [0.717, 1.165) is 0 Å². The van der Waals surface area contributed by atoms with E-state index >= 15 is 0 Å². The fraction of sp³-hybridized carbons (Fsp3) is 0.188. The molecule has 0 aliphatic carbocycles. The minimum atomic E-state index is -0.576. The molecule has 0 unspecified atom stereocenters. The second-order valence-corrected chi connectivity index (χ2v) is 5.44. The van der Waals surface area contributed by atoms with Crippen LogP contribution in [0.5, 0.6) is 0 Å². The Morgan fingerprint density at radius 2 is 2.00 bits per heavy atom. The predicted octanol–water partition coefficient (Wildman–Crippen LogP) is 3.92. The van der Waals surface area contributed by atoms with Gasteiger partial charge in [-0.1, -0.05) is 11.6 Å². The first kappa shape index (κ1) is 18.5. The highest BCUT2D eigenvalue weighted by Crippen LogP contribution is 2.33. The zero-order valence-electron chi connectivity index (χ0n) is 13.5. The first-order valence-electron chi connectivity index (χ1n) is 7.37. The molecule has 0 radical (unpaired) electrons. The molecular formula is C16H16ClFN4O3. The van der Waals surface area contributed by atoms with Crippen molar-refractivity contribution in [3.05, 3.63) is 56.8 Å². The summed E-state index contributed by atoms with van der Waals surface area (Å²) in [6.07, 6.45) is 0. The van der Waals surface area contributed by atoms with Gasteiger partial charge in [0.05, 0.1) is 21.2 Å². The van der Waals surface area contributed by atoms with Crippen molar-refractivity contribution in [3.8, 4) is 0 Å². The normalized spacial score (nSPS) is 10.2. The fourth-order valence-corrected chi connectivity index (χ4v) is 2.40. The van der Waals surface area contributed by atoms with Crippen LogP contribution in [0.15, 0.2) is 30.3 Å². The lowest BCUT2D eigenvalue weighted by molar-refractivity contribution is -0.383. The molecule has 0 spiro atoms. The maximum absolute atomic E-state index is 13.3. The van der Waals surface area contributed by atoms with Gasteiger partial charge in [-0.2, -0.15) is 0 Å². The van der Waals surface area contributed by atoms with E-state index in [1.807, 2.05) is 0 Å². The third-order valence-electron chi connectivity index (χ3n) is 3.38. The van der Waals surface area contributed by atoms with E-state index in [9.17, 15) is 19.3 Å². The molecule has 0 saturated carbocycles.